The van der Waals surface area contributed by atoms with Gasteiger partial charge in [-0.15, -0.1) is 5.10 Å². The van der Waals surface area contributed by atoms with E-state index in [1.807, 2.05) is 0 Å². The standard InChI is InChI=1S/C29H31F5N6O5/c1-13(12-44-6)35-26(38-24(41)15-7-10-18(30)19(31)11-15)37-23-16-8-9-17(29(32,33)34)20-14(2)21(25(42)40(39-23)22(16)20)36-27(43)45-28(3,4)5/h7-11,13-14,21H,12H2,1-6H3,(H,36,43)(H2,35,37,38,39,41)/t13-,14?,21-/m0/s1. The summed E-state index contributed by atoms with van der Waals surface area (Å²) in [5, 5.41) is 11.8. The zero-order chi connectivity index (χ0) is 33.4. The zero-order valence-corrected chi connectivity index (χ0v) is 25.1. The first-order valence-corrected chi connectivity index (χ1v) is 13.7. The third-order valence-electron chi connectivity index (χ3n) is 6.70. The third kappa shape index (κ3) is 7.21. The van der Waals surface area contributed by atoms with Gasteiger partial charge in [0.05, 0.1) is 23.7 Å². The normalized spacial score (nSPS) is 17.7. The molecule has 3 atom stereocenters. The van der Waals surface area contributed by atoms with Gasteiger partial charge in [-0.2, -0.15) is 17.9 Å². The Kier molecular flexibility index (Phi) is 9.19. The second-order valence-electron chi connectivity index (χ2n) is 11.4. The quantitative estimate of drug-likeness (QED) is 0.192. The van der Waals surface area contributed by atoms with E-state index in [0.29, 0.717) is 6.07 Å². The molecule has 1 aliphatic heterocycles. The fourth-order valence-corrected chi connectivity index (χ4v) is 4.85. The number of hydrogen-bond acceptors (Lipinski definition) is 7. The molecule has 0 bridgehead atoms. The predicted octanol–water partition coefficient (Wildman–Crippen LogP) is 5.22. The average molecular weight is 639 g/mol. The van der Waals surface area contributed by atoms with Gasteiger partial charge in [0.25, 0.3) is 11.8 Å². The van der Waals surface area contributed by atoms with Crippen LogP contribution in [0.5, 0.6) is 0 Å². The van der Waals surface area contributed by atoms with E-state index >= 15 is 0 Å². The van der Waals surface area contributed by atoms with Crippen LogP contribution >= 0.6 is 0 Å². The Morgan fingerprint density at radius 3 is 2.40 bits per heavy atom. The lowest BCUT2D eigenvalue weighted by Gasteiger charge is -2.31. The minimum Gasteiger partial charge on any atom is -0.444 e. The Morgan fingerprint density at radius 2 is 1.80 bits per heavy atom. The highest BCUT2D eigenvalue weighted by molar-refractivity contribution is 6.13. The van der Waals surface area contributed by atoms with Gasteiger partial charge in [0.15, 0.2) is 17.5 Å². The minimum absolute atomic E-state index is 0.0723. The van der Waals surface area contributed by atoms with Crippen molar-refractivity contribution in [2.24, 2.45) is 4.99 Å². The van der Waals surface area contributed by atoms with Crippen LogP contribution < -0.4 is 16.0 Å². The molecule has 0 radical (unpaired) electrons. The Hall–Kier alpha value is -4.60. The molecule has 2 aromatic carbocycles. The number of ether oxygens (including phenoxy) is 2. The molecule has 0 fully saturated rings. The summed E-state index contributed by atoms with van der Waals surface area (Å²) in [6.45, 7) is 7.85. The van der Waals surface area contributed by atoms with Crippen LogP contribution in [0.15, 0.2) is 35.3 Å². The van der Waals surface area contributed by atoms with E-state index < -0.39 is 64.9 Å². The Balaban J connectivity index is 1.80. The number of aliphatic imine (C=N–C) groups is 1. The predicted molar refractivity (Wildman–Crippen MR) is 153 cm³/mol. The fraction of sp³-hybridized carbons (Fsp3) is 0.414. The number of rotatable bonds is 6. The summed E-state index contributed by atoms with van der Waals surface area (Å²) >= 11 is 0. The first-order chi connectivity index (χ1) is 20.9. The number of methoxy groups -OCH3 is 1. The number of anilines is 1. The number of guanidine groups is 1. The van der Waals surface area contributed by atoms with E-state index in [1.54, 1.807) is 27.7 Å². The lowest BCUT2D eigenvalue weighted by molar-refractivity contribution is -0.138. The average Bonchev–Trinajstić information content (AvgIpc) is 3.28. The Morgan fingerprint density at radius 1 is 1.11 bits per heavy atom. The zero-order valence-electron chi connectivity index (χ0n) is 25.1. The van der Waals surface area contributed by atoms with E-state index in [4.69, 9.17) is 9.47 Å². The maximum atomic E-state index is 14.2. The molecule has 16 heteroatoms. The molecule has 3 N–H and O–H groups in total. The molecule has 3 aromatic rings. The summed E-state index contributed by atoms with van der Waals surface area (Å²) in [6.07, 6.45) is -5.83. The van der Waals surface area contributed by atoms with Crippen LogP contribution in [0, 0.1) is 11.6 Å². The van der Waals surface area contributed by atoms with E-state index in [0.717, 1.165) is 28.9 Å². The van der Waals surface area contributed by atoms with E-state index in [-0.39, 0.29) is 40.4 Å². The van der Waals surface area contributed by atoms with Crippen LogP contribution in [-0.2, 0) is 15.7 Å². The third-order valence-corrected chi connectivity index (χ3v) is 6.70. The number of amides is 2. The minimum atomic E-state index is -4.82. The van der Waals surface area contributed by atoms with E-state index in [1.165, 1.54) is 14.0 Å². The smallest absolute Gasteiger partial charge is 0.416 e. The van der Waals surface area contributed by atoms with Crippen LogP contribution in [0.3, 0.4) is 0 Å². The summed E-state index contributed by atoms with van der Waals surface area (Å²) in [5.41, 5.74) is -2.70. The second-order valence-corrected chi connectivity index (χ2v) is 11.4. The van der Waals surface area contributed by atoms with Crippen molar-refractivity contribution < 1.29 is 45.8 Å². The highest BCUT2D eigenvalue weighted by atomic mass is 19.4. The monoisotopic (exact) mass is 638 g/mol. The van der Waals surface area contributed by atoms with Gasteiger partial charge in [-0.05, 0) is 63.6 Å². The van der Waals surface area contributed by atoms with Crippen molar-refractivity contribution in [3.05, 3.63) is 58.7 Å². The molecule has 2 amide bonds. The van der Waals surface area contributed by atoms with E-state index in [2.05, 4.69) is 26.0 Å². The number of benzene rings is 2. The van der Waals surface area contributed by atoms with Gasteiger partial charge >= 0.3 is 12.3 Å². The maximum Gasteiger partial charge on any atom is 0.416 e. The van der Waals surface area contributed by atoms with Crippen LogP contribution in [0.4, 0.5) is 32.6 Å². The summed E-state index contributed by atoms with van der Waals surface area (Å²) in [5.74, 6) is -5.76. The first-order valence-electron chi connectivity index (χ1n) is 13.7. The van der Waals surface area contributed by atoms with Crippen molar-refractivity contribution in [2.75, 3.05) is 19.0 Å². The number of hydrogen-bond donors (Lipinski definition) is 3. The highest BCUT2D eigenvalue weighted by Crippen LogP contribution is 2.44. The second kappa shape index (κ2) is 12.4. The lowest BCUT2D eigenvalue weighted by Crippen LogP contribution is -2.50. The van der Waals surface area contributed by atoms with Gasteiger partial charge in [0, 0.05) is 24.0 Å². The number of nitrogens with one attached hydrogen (secondary N) is 3. The van der Waals surface area contributed by atoms with Gasteiger partial charge in [-0.3, -0.25) is 14.9 Å². The summed E-state index contributed by atoms with van der Waals surface area (Å²) < 4.78 is 80.9. The number of alkyl carbamates (subject to hydrolysis) is 1. The van der Waals surface area contributed by atoms with Crippen molar-refractivity contribution in [3.63, 3.8) is 0 Å². The summed E-state index contributed by atoms with van der Waals surface area (Å²) in [7, 11) is 1.41. The molecular formula is C29H31F5N6O5. The Labute approximate surface area is 254 Å². The van der Waals surface area contributed by atoms with Crippen molar-refractivity contribution in [2.45, 2.75) is 64.4 Å². The molecule has 0 saturated heterocycles. The number of alkyl halides is 3. The SMILES string of the molecule is COC[C@H](C)N=C(NC(=O)c1ccc(F)c(F)c1)Nc1nn2c3c(c(C(F)(F)F)ccc13)C(C)[C@H](NC(=O)OC(C)(C)C)C2=O. The molecule has 4 rings (SSSR count). The Bertz CT molecular complexity index is 1680. The maximum absolute atomic E-state index is 14.2. The van der Waals surface area contributed by atoms with E-state index in [9.17, 15) is 36.3 Å². The molecule has 0 aliphatic carbocycles. The molecule has 2 heterocycles. The molecule has 242 valence electrons. The molecule has 11 nitrogen and oxygen atoms in total. The molecular weight excluding hydrogens is 607 g/mol. The largest absolute Gasteiger partial charge is 0.444 e. The topological polar surface area (TPSA) is 136 Å². The van der Waals surface area contributed by atoms with Gasteiger partial charge < -0.3 is 20.1 Å². The summed E-state index contributed by atoms with van der Waals surface area (Å²) in [4.78, 5) is 43.4. The molecule has 1 unspecified atom stereocenters. The van der Waals surface area contributed by atoms with Crippen LogP contribution in [-0.4, -0.2) is 65.0 Å². The van der Waals surface area contributed by atoms with Gasteiger partial charge in [0.1, 0.15) is 11.6 Å². The molecule has 1 aliphatic rings. The number of carbonyl (C=O) groups is 3. The number of carbonyl (C=O) groups excluding carboxylic acids is 3. The molecule has 0 saturated carbocycles. The number of aromatic nitrogens is 2. The van der Waals surface area contributed by atoms with Crippen LogP contribution in [0.1, 0.15) is 66.8 Å². The van der Waals surface area contributed by atoms with Gasteiger partial charge in [-0.1, -0.05) is 6.92 Å². The molecule has 1 aromatic heterocycles. The lowest BCUT2D eigenvalue weighted by atomic mass is 9.85. The molecule has 0 spiro atoms. The van der Waals surface area contributed by atoms with Crippen LogP contribution in [0.25, 0.3) is 10.9 Å². The van der Waals surface area contributed by atoms with Crippen molar-refractivity contribution >= 4 is 40.6 Å². The highest BCUT2D eigenvalue weighted by Gasteiger charge is 2.44. The van der Waals surface area contributed by atoms with Crippen molar-refractivity contribution in [3.8, 4) is 0 Å². The summed E-state index contributed by atoms with van der Waals surface area (Å²) in [6, 6.07) is 2.37. The van der Waals surface area contributed by atoms with Crippen LogP contribution in [0.2, 0.25) is 0 Å². The molecule has 45 heavy (non-hydrogen) atoms. The number of halogens is 5. The van der Waals surface area contributed by atoms with Gasteiger partial charge in [0.2, 0.25) is 5.96 Å². The van der Waals surface area contributed by atoms with Gasteiger partial charge in [-0.25, -0.2) is 18.6 Å². The van der Waals surface area contributed by atoms with Crippen molar-refractivity contribution in [1.82, 2.24) is 20.4 Å². The number of nitrogens with zero attached hydrogens (tertiary/aromatic N) is 3. The van der Waals surface area contributed by atoms with Crippen molar-refractivity contribution in [1.29, 1.82) is 0 Å². The fourth-order valence-electron chi connectivity index (χ4n) is 4.85. The first kappa shape index (κ1) is 33.3.